The Morgan fingerprint density at radius 1 is 1.17 bits per heavy atom. The van der Waals surface area contributed by atoms with E-state index >= 15 is 0 Å². The van der Waals surface area contributed by atoms with Crippen LogP contribution in [0.4, 0.5) is 0 Å². The first-order valence-corrected chi connectivity index (χ1v) is 11.7. The predicted molar refractivity (Wildman–Crippen MR) is 127 cm³/mol. The molecule has 2 nitrogen and oxygen atoms in total. The molecule has 160 valence electrons. The van der Waals surface area contributed by atoms with Crippen LogP contribution in [0.2, 0.25) is 5.02 Å². The quantitative estimate of drug-likeness (QED) is 0.514. The zero-order chi connectivity index (χ0) is 21.5. The molecule has 1 saturated carbocycles. The van der Waals surface area contributed by atoms with Crippen molar-refractivity contribution in [2.45, 2.75) is 71.1 Å². The number of benzene rings is 2. The zero-order valence-electron chi connectivity index (χ0n) is 18.7. The van der Waals surface area contributed by atoms with E-state index in [1.807, 2.05) is 0 Å². The van der Waals surface area contributed by atoms with E-state index in [0.717, 1.165) is 6.54 Å². The first-order valence-electron chi connectivity index (χ1n) is 11.3. The van der Waals surface area contributed by atoms with Gasteiger partial charge in [0.2, 0.25) is 0 Å². The molecule has 0 heterocycles. The van der Waals surface area contributed by atoms with Gasteiger partial charge in [0.15, 0.2) is 0 Å². The van der Waals surface area contributed by atoms with Crippen molar-refractivity contribution in [2.24, 2.45) is 16.3 Å². The molecule has 0 bridgehead atoms. The molecule has 0 unspecified atom stereocenters. The molecule has 1 fully saturated rings. The Hall–Kier alpha value is -1.80. The molecular weight excluding hydrogens is 390 g/mol. The number of nitrogens with zero attached hydrogens (tertiary/aromatic N) is 1. The Kier molecular flexibility index (Phi) is 5.74. The minimum absolute atomic E-state index is 0.173. The largest absolute Gasteiger partial charge is 0.507 e. The second kappa shape index (κ2) is 8.04. The molecule has 0 spiro atoms. The van der Waals surface area contributed by atoms with Gasteiger partial charge in [0.05, 0.1) is 0 Å². The molecular formula is C27H34ClNO. The number of hydrogen-bond acceptors (Lipinski definition) is 2. The average molecular weight is 424 g/mol. The number of aromatic hydroxyl groups is 1. The second-order valence-electron chi connectivity index (χ2n) is 10.3. The van der Waals surface area contributed by atoms with Crippen LogP contribution >= 0.6 is 11.6 Å². The molecule has 0 aliphatic heterocycles. The molecule has 0 amide bonds. The Morgan fingerprint density at radius 2 is 1.97 bits per heavy atom. The van der Waals surface area contributed by atoms with Gasteiger partial charge in [-0.1, -0.05) is 63.9 Å². The van der Waals surface area contributed by atoms with Crippen molar-refractivity contribution in [2.75, 3.05) is 6.54 Å². The lowest BCUT2D eigenvalue weighted by Gasteiger charge is -2.55. The minimum Gasteiger partial charge on any atom is -0.507 e. The van der Waals surface area contributed by atoms with Gasteiger partial charge in [-0.25, -0.2) is 0 Å². The molecule has 0 aromatic heterocycles. The summed E-state index contributed by atoms with van der Waals surface area (Å²) in [4.78, 5) is 4.81. The Labute approximate surface area is 186 Å². The number of aliphatic imine (C=N–C) groups is 1. The van der Waals surface area contributed by atoms with Crippen molar-refractivity contribution in [3.8, 4) is 5.75 Å². The van der Waals surface area contributed by atoms with E-state index in [2.05, 4.69) is 45.9 Å². The highest BCUT2D eigenvalue weighted by atomic mass is 35.5. The average Bonchev–Trinajstić information content (AvgIpc) is 2.70. The summed E-state index contributed by atoms with van der Waals surface area (Å²) in [5.41, 5.74) is 5.69. The number of halogens is 1. The predicted octanol–water partition coefficient (Wildman–Crippen LogP) is 7.30. The number of rotatable bonds is 4. The number of fused-ring (bicyclic) bond motifs is 3. The monoisotopic (exact) mass is 423 g/mol. The SMILES string of the molecule is CC(C)c1ccc2c(c1)CC[C@@H]1[C@@](C)(CN=Cc3cc(Cl)ccc3O)CCC[C@@]21C. The van der Waals surface area contributed by atoms with E-state index in [-0.39, 0.29) is 16.6 Å². The molecule has 2 aromatic rings. The van der Waals surface area contributed by atoms with Gasteiger partial charge in [-0.2, -0.15) is 0 Å². The van der Waals surface area contributed by atoms with Crippen molar-refractivity contribution in [1.29, 1.82) is 0 Å². The number of phenols is 1. The third-order valence-electron chi connectivity index (χ3n) is 7.84. The van der Waals surface area contributed by atoms with Gasteiger partial charge in [-0.3, -0.25) is 4.99 Å². The normalized spacial score (nSPS) is 28.5. The highest BCUT2D eigenvalue weighted by molar-refractivity contribution is 6.30. The van der Waals surface area contributed by atoms with Gasteiger partial charge in [0, 0.05) is 23.3 Å². The van der Waals surface area contributed by atoms with E-state index in [4.69, 9.17) is 16.6 Å². The highest BCUT2D eigenvalue weighted by Gasteiger charge is 2.51. The van der Waals surface area contributed by atoms with Crippen LogP contribution in [0.3, 0.4) is 0 Å². The molecule has 2 aromatic carbocycles. The van der Waals surface area contributed by atoms with Gasteiger partial charge in [-0.05, 0) is 83.2 Å². The maximum atomic E-state index is 10.1. The molecule has 4 rings (SSSR count). The van der Waals surface area contributed by atoms with Crippen molar-refractivity contribution in [1.82, 2.24) is 0 Å². The summed E-state index contributed by atoms with van der Waals surface area (Å²) in [7, 11) is 0. The molecule has 0 saturated heterocycles. The third kappa shape index (κ3) is 3.80. The highest BCUT2D eigenvalue weighted by Crippen LogP contribution is 2.57. The number of aryl methyl sites for hydroxylation is 1. The van der Waals surface area contributed by atoms with Crippen LogP contribution in [0.1, 0.15) is 81.5 Å². The van der Waals surface area contributed by atoms with Gasteiger partial charge in [-0.15, -0.1) is 0 Å². The summed E-state index contributed by atoms with van der Waals surface area (Å²) in [5, 5.41) is 10.7. The smallest absolute Gasteiger partial charge is 0.124 e. The van der Waals surface area contributed by atoms with Gasteiger partial charge < -0.3 is 5.11 Å². The summed E-state index contributed by atoms with van der Waals surface area (Å²) in [6.45, 7) is 10.3. The number of phenolic OH excluding ortho intramolecular Hbond substituents is 1. The van der Waals surface area contributed by atoms with Crippen LogP contribution in [-0.2, 0) is 11.8 Å². The fraction of sp³-hybridized carbons (Fsp3) is 0.519. The van der Waals surface area contributed by atoms with E-state index in [1.54, 1.807) is 35.5 Å². The maximum Gasteiger partial charge on any atom is 0.124 e. The topological polar surface area (TPSA) is 32.6 Å². The fourth-order valence-electron chi connectivity index (χ4n) is 6.17. The Morgan fingerprint density at radius 3 is 2.73 bits per heavy atom. The fourth-order valence-corrected chi connectivity index (χ4v) is 6.35. The molecule has 30 heavy (non-hydrogen) atoms. The lowest BCUT2D eigenvalue weighted by atomic mass is 9.50. The van der Waals surface area contributed by atoms with Crippen LogP contribution in [0, 0.1) is 11.3 Å². The molecule has 2 aliphatic rings. The standard InChI is InChI=1S/C27H34ClNO/c1-18(2)19-6-9-23-20(14-19)7-11-25-26(3,12-5-13-27(23,25)4)17-29-16-21-15-22(28)8-10-24(21)30/h6,8-10,14-16,18,25,30H,5,7,11-13,17H2,1-4H3/t25-,26-,27+/m1/s1. The first kappa shape index (κ1) is 21.4. The van der Waals surface area contributed by atoms with Crippen LogP contribution < -0.4 is 0 Å². The van der Waals surface area contributed by atoms with E-state index in [9.17, 15) is 5.11 Å². The Bertz CT molecular complexity index is 965. The molecule has 2 aliphatic carbocycles. The van der Waals surface area contributed by atoms with E-state index in [1.165, 1.54) is 37.7 Å². The van der Waals surface area contributed by atoms with Crippen LogP contribution in [0.25, 0.3) is 0 Å². The van der Waals surface area contributed by atoms with Crippen molar-refractivity contribution in [3.63, 3.8) is 0 Å². The van der Waals surface area contributed by atoms with Gasteiger partial charge >= 0.3 is 0 Å². The lowest BCUT2D eigenvalue weighted by molar-refractivity contribution is 0.0332. The zero-order valence-corrected chi connectivity index (χ0v) is 19.5. The molecule has 1 N–H and O–H groups in total. The van der Waals surface area contributed by atoms with Crippen molar-refractivity contribution < 1.29 is 5.11 Å². The summed E-state index contributed by atoms with van der Waals surface area (Å²) in [6.07, 6.45) is 7.92. The van der Waals surface area contributed by atoms with Gasteiger partial charge in [0.25, 0.3) is 0 Å². The van der Waals surface area contributed by atoms with Crippen LogP contribution in [0.15, 0.2) is 41.4 Å². The second-order valence-corrected chi connectivity index (χ2v) is 10.7. The lowest BCUT2D eigenvalue weighted by Crippen LogP contribution is -2.50. The molecule has 0 radical (unpaired) electrons. The minimum atomic E-state index is 0.173. The summed E-state index contributed by atoms with van der Waals surface area (Å²) in [5.74, 6) is 1.44. The van der Waals surface area contributed by atoms with Crippen LogP contribution in [-0.4, -0.2) is 17.9 Å². The van der Waals surface area contributed by atoms with Crippen LogP contribution in [0.5, 0.6) is 5.75 Å². The summed E-state index contributed by atoms with van der Waals surface area (Å²) in [6, 6.07) is 12.3. The maximum absolute atomic E-state index is 10.1. The van der Waals surface area contributed by atoms with E-state index < -0.39 is 0 Å². The Balaban J connectivity index is 1.60. The first-order chi connectivity index (χ1) is 14.2. The summed E-state index contributed by atoms with van der Waals surface area (Å²) < 4.78 is 0. The molecule has 3 atom stereocenters. The molecule has 3 heteroatoms. The van der Waals surface area contributed by atoms with Crippen molar-refractivity contribution in [3.05, 3.63) is 63.7 Å². The van der Waals surface area contributed by atoms with E-state index in [0.29, 0.717) is 22.4 Å². The van der Waals surface area contributed by atoms with Gasteiger partial charge in [0.1, 0.15) is 5.75 Å². The third-order valence-corrected chi connectivity index (χ3v) is 8.08. The summed E-state index contributed by atoms with van der Waals surface area (Å²) >= 11 is 6.09. The van der Waals surface area contributed by atoms with Crippen molar-refractivity contribution >= 4 is 17.8 Å². The number of hydrogen-bond donors (Lipinski definition) is 1.